The highest BCUT2D eigenvalue weighted by Gasteiger charge is 2.20. The number of pyridine rings is 2. The number of benzene rings is 1. The van der Waals surface area contributed by atoms with Gasteiger partial charge in [0.2, 0.25) is 0 Å². The number of hydrogen-bond donors (Lipinski definition) is 1. The van der Waals surface area contributed by atoms with Crippen LogP contribution in [0.2, 0.25) is 0 Å². The number of aromatic nitrogens is 2. The van der Waals surface area contributed by atoms with Crippen molar-refractivity contribution < 1.29 is 4.92 Å². The van der Waals surface area contributed by atoms with Crippen LogP contribution in [0.5, 0.6) is 0 Å². The molecule has 1 aromatic carbocycles. The second kappa shape index (κ2) is 8.20. The van der Waals surface area contributed by atoms with Gasteiger partial charge >= 0.3 is 0 Å². The highest BCUT2D eigenvalue weighted by Crippen LogP contribution is 2.26. The van der Waals surface area contributed by atoms with Gasteiger partial charge in [0.05, 0.1) is 27.8 Å². The van der Waals surface area contributed by atoms with E-state index < -0.39 is 4.92 Å². The second-order valence-corrected chi connectivity index (χ2v) is 7.14. The van der Waals surface area contributed by atoms with Crippen LogP contribution in [-0.4, -0.2) is 38.9 Å². The van der Waals surface area contributed by atoms with Gasteiger partial charge in [0.15, 0.2) is 0 Å². The summed E-state index contributed by atoms with van der Waals surface area (Å²) in [5.74, 6) is 0.631. The lowest BCUT2D eigenvalue weighted by Gasteiger charge is -2.32. The maximum Gasteiger partial charge on any atom is 0.270 e. The summed E-state index contributed by atoms with van der Waals surface area (Å²) in [6.45, 7) is 2.76. The van der Waals surface area contributed by atoms with E-state index in [-0.39, 0.29) is 11.7 Å². The summed E-state index contributed by atoms with van der Waals surface area (Å²) in [5, 5.41) is 24.4. The summed E-state index contributed by atoms with van der Waals surface area (Å²) in [7, 11) is 0. The minimum Gasteiger partial charge on any atom is -0.367 e. The Morgan fingerprint density at radius 1 is 1.24 bits per heavy atom. The predicted octanol–water partition coefficient (Wildman–Crippen LogP) is 3.49. The standard InChI is InChI=1S/C21H20N6O2/c22-13-15-11-21(25-20-5-4-18(27(28)29)12-19(15)20)24-16-6-9-26(10-7-16)14-17-3-1-2-8-23-17/h1-5,8,11-12,16H,6-7,9-10,14H2,(H,24,25). The number of non-ortho nitro benzene ring substituents is 1. The average molecular weight is 388 g/mol. The zero-order chi connectivity index (χ0) is 20.2. The first kappa shape index (κ1) is 18.8. The minimum atomic E-state index is -0.467. The van der Waals surface area contributed by atoms with Gasteiger partial charge in [-0.25, -0.2) is 4.98 Å². The normalized spacial score (nSPS) is 15.1. The Hall–Kier alpha value is -3.57. The quantitative estimate of drug-likeness (QED) is 0.526. The summed E-state index contributed by atoms with van der Waals surface area (Å²) < 4.78 is 0. The molecular formula is C21H20N6O2. The molecule has 146 valence electrons. The zero-order valence-electron chi connectivity index (χ0n) is 15.8. The number of rotatable bonds is 5. The molecule has 1 aliphatic rings. The fourth-order valence-corrected chi connectivity index (χ4v) is 3.66. The van der Waals surface area contributed by atoms with Crippen molar-refractivity contribution in [3.8, 4) is 6.07 Å². The summed E-state index contributed by atoms with van der Waals surface area (Å²) in [5.41, 5.74) is 1.98. The van der Waals surface area contributed by atoms with E-state index >= 15 is 0 Å². The first-order chi connectivity index (χ1) is 14.1. The largest absolute Gasteiger partial charge is 0.367 e. The molecule has 0 saturated carbocycles. The van der Waals surface area contributed by atoms with Gasteiger partial charge in [-0.3, -0.25) is 20.0 Å². The Balaban J connectivity index is 1.44. The van der Waals surface area contributed by atoms with Crippen molar-refractivity contribution in [2.24, 2.45) is 0 Å². The van der Waals surface area contributed by atoms with Crippen LogP contribution >= 0.6 is 0 Å². The third kappa shape index (κ3) is 4.31. The molecule has 3 heterocycles. The van der Waals surface area contributed by atoms with Gasteiger partial charge < -0.3 is 5.32 Å². The number of likely N-dealkylation sites (tertiary alicyclic amines) is 1. The molecule has 0 amide bonds. The first-order valence-electron chi connectivity index (χ1n) is 9.50. The molecule has 1 N–H and O–H groups in total. The van der Waals surface area contributed by atoms with Crippen molar-refractivity contribution in [3.63, 3.8) is 0 Å². The van der Waals surface area contributed by atoms with Crippen LogP contribution in [0.25, 0.3) is 10.9 Å². The van der Waals surface area contributed by atoms with Gasteiger partial charge in [-0.2, -0.15) is 5.26 Å². The third-order valence-corrected chi connectivity index (χ3v) is 5.17. The summed E-state index contributed by atoms with van der Waals surface area (Å²) in [6, 6.07) is 14.4. The van der Waals surface area contributed by atoms with Crippen LogP contribution in [0.1, 0.15) is 24.1 Å². The Labute approximate surface area is 168 Å². The molecule has 3 aromatic rings. The van der Waals surface area contributed by atoms with Crippen molar-refractivity contribution in [3.05, 3.63) is 70.0 Å². The smallest absolute Gasteiger partial charge is 0.270 e. The number of nitriles is 1. The van der Waals surface area contributed by atoms with E-state index in [1.54, 1.807) is 12.1 Å². The van der Waals surface area contributed by atoms with Gasteiger partial charge in [-0.1, -0.05) is 6.07 Å². The van der Waals surface area contributed by atoms with Crippen LogP contribution in [0.3, 0.4) is 0 Å². The number of hydrogen-bond acceptors (Lipinski definition) is 7. The van der Waals surface area contributed by atoms with E-state index in [4.69, 9.17) is 0 Å². The Kier molecular flexibility index (Phi) is 5.31. The molecule has 0 aliphatic carbocycles. The molecular weight excluding hydrogens is 368 g/mol. The topological polar surface area (TPSA) is 108 Å². The molecule has 4 rings (SSSR count). The van der Waals surface area contributed by atoms with Crippen LogP contribution in [0, 0.1) is 21.4 Å². The van der Waals surface area contributed by atoms with Crippen molar-refractivity contribution in [2.45, 2.75) is 25.4 Å². The van der Waals surface area contributed by atoms with Crippen molar-refractivity contribution >= 4 is 22.4 Å². The van der Waals surface area contributed by atoms with Crippen LogP contribution in [0.15, 0.2) is 48.7 Å². The third-order valence-electron chi connectivity index (χ3n) is 5.17. The lowest BCUT2D eigenvalue weighted by molar-refractivity contribution is -0.384. The first-order valence-corrected chi connectivity index (χ1v) is 9.50. The van der Waals surface area contributed by atoms with Crippen molar-refractivity contribution in [1.29, 1.82) is 5.26 Å². The monoisotopic (exact) mass is 388 g/mol. The summed E-state index contributed by atoms with van der Waals surface area (Å²) in [6.07, 6.45) is 3.75. The molecule has 0 radical (unpaired) electrons. The number of piperidine rings is 1. The number of nitrogens with one attached hydrogen (secondary N) is 1. The molecule has 29 heavy (non-hydrogen) atoms. The second-order valence-electron chi connectivity index (χ2n) is 7.14. The maximum atomic E-state index is 11.0. The molecule has 1 aliphatic heterocycles. The molecule has 2 aromatic heterocycles. The predicted molar refractivity (Wildman–Crippen MR) is 109 cm³/mol. The van der Waals surface area contributed by atoms with Crippen molar-refractivity contribution in [1.82, 2.24) is 14.9 Å². The molecule has 8 heteroatoms. The fourth-order valence-electron chi connectivity index (χ4n) is 3.66. The van der Waals surface area contributed by atoms with E-state index in [2.05, 4.69) is 26.3 Å². The summed E-state index contributed by atoms with van der Waals surface area (Å²) >= 11 is 0. The van der Waals surface area contributed by atoms with Crippen molar-refractivity contribution in [2.75, 3.05) is 18.4 Å². The maximum absolute atomic E-state index is 11.0. The Bertz CT molecular complexity index is 1070. The van der Waals surface area contributed by atoms with E-state index in [0.29, 0.717) is 22.3 Å². The fraction of sp³-hybridized carbons (Fsp3) is 0.286. The van der Waals surface area contributed by atoms with E-state index in [1.807, 2.05) is 24.4 Å². The number of nitrogens with zero attached hydrogens (tertiary/aromatic N) is 5. The molecule has 0 spiro atoms. The molecule has 1 saturated heterocycles. The van der Waals surface area contributed by atoms with Gasteiger partial charge in [0.1, 0.15) is 5.82 Å². The highest BCUT2D eigenvalue weighted by molar-refractivity contribution is 5.88. The van der Waals surface area contributed by atoms with Gasteiger partial charge in [-0.15, -0.1) is 0 Å². The number of nitro groups is 1. The van der Waals surface area contributed by atoms with E-state index in [9.17, 15) is 15.4 Å². The lowest BCUT2D eigenvalue weighted by Crippen LogP contribution is -2.38. The molecule has 1 fully saturated rings. The number of fused-ring (bicyclic) bond motifs is 1. The molecule has 8 nitrogen and oxygen atoms in total. The SMILES string of the molecule is N#Cc1cc(NC2CCN(Cc3ccccn3)CC2)nc2ccc([N+](=O)[O-])cc12. The zero-order valence-corrected chi connectivity index (χ0v) is 15.8. The lowest BCUT2D eigenvalue weighted by atomic mass is 10.0. The van der Waals surface area contributed by atoms with Gasteiger partial charge in [0, 0.05) is 49.4 Å². The highest BCUT2D eigenvalue weighted by atomic mass is 16.6. The minimum absolute atomic E-state index is 0.0446. The summed E-state index contributed by atoms with van der Waals surface area (Å²) in [4.78, 5) is 21.9. The molecule has 0 atom stereocenters. The van der Waals surface area contributed by atoms with Gasteiger partial charge in [0.25, 0.3) is 5.69 Å². The van der Waals surface area contributed by atoms with Crippen LogP contribution in [-0.2, 0) is 6.54 Å². The van der Waals surface area contributed by atoms with Gasteiger partial charge in [-0.05, 0) is 37.1 Å². The van der Waals surface area contributed by atoms with E-state index in [1.165, 1.54) is 12.1 Å². The molecule has 0 unspecified atom stereocenters. The van der Waals surface area contributed by atoms with Crippen LogP contribution in [0.4, 0.5) is 11.5 Å². The number of anilines is 1. The Morgan fingerprint density at radius 3 is 2.76 bits per heavy atom. The number of nitro benzene ring substituents is 1. The molecule has 0 bridgehead atoms. The van der Waals surface area contributed by atoms with E-state index in [0.717, 1.165) is 38.2 Å². The van der Waals surface area contributed by atoms with Crippen LogP contribution < -0.4 is 5.32 Å². The Morgan fingerprint density at radius 2 is 2.07 bits per heavy atom. The average Bonchev–Trinajstić information content (AvgIpc) is 2.75.